The Morgan fingerprint density at radius 1 is 1.38 bits per heavy atom. The predicted octanol–water partition coefficient (Wildman–Crippen LogP) is 0.870. The number of aliphatic hydroxyl groups is 1. The molecule has 0 aromatic rings. The van der Waals surface area contributed by atoms with Gasteiger partial charge in [-0.1, -0.05) is 6.92 Å². The molecule has 1 fully saturated rings. The summed E-state index contributed by atoms with van der Waals surface area (Å²) in [7, 11) is 2.07. The van der Waals surface area contributed by atoms with E-state index in [2.05, 4.69) is 18.9 Å². The van der Waals surface area contributed by atoms with Crippen molar-refractivity contribution in [1.82, 2.24) is 4.90 Å². The van der Waals surface area contributed by atoms with Crippen LogP contribution in [0.15, 0.2) is 0 Å². The van der Waals surface area contributed by atoms with Crippen LogP contribution in [0.3, 0.4) is 0 Å². The summed E-state index contributed by atoms with van der Waals surface area (Å²) in [5.74, 6) is 0. The first kappa shape index (κ1) is 11.0. The molecular formula is C10H21NO2. The molecule has 1 heterocycles. The average Bonchev–Trinajstić information content (AvgIpc) is 2.04. The van der Waals surface area contributed by atoms with Crippen molar-refractivity contribution in [2.45, 2.75) is 31.8 Å². The zero-order valence-electron chi connectivity index (χ0n) is 8.75. The van der Waals surface area contributed by atoms with Gasteiger partial charge in [0.2, 0.25) is 0 Å². The highest BCUT2D eigenvalue weighted by Crippen LogP contribution is 2.21. The second-order valence-electron chi connectivity index (χ2n) is 4.07. The van der Waals surface area contributed by atoms with Crippen LogP contribution in [-0.2, 0) is 4.74 Å². The second-order valence-corrected chi connectivity index (χ2v) is 4.07. The second kappa shape index (κ2) is 4.94. The third-order valence-corrected chi connectivity index (χ3v) is 2.59. The van der Waals surface area contributed by atoms with Crippen LogP contribution < -0.4 is 0 Å². The van der Waals surface area contributed by atoms with Crippen molar-refractivity contribution < 1.29 is 9.84 Å². The lowest BCUT2D eigenvalue weighted by Gasteiger charge is -2.35. The highest BCUT2D eigenvalue weighted by Gasteiger charge is 2.30. The van der Waals surface area contributed by atoms with Crippen LogP contribution >= 0.6 is 0 Å². The maximum Gasteiger partial charge on any atom is 0.0817 e. The van der Waals surface area contributed by atoms with Crippen LogP contribution in [0, 0.1) is 0 Å². The van der Waals surface area contributed by atoms with E-state index < -0.39 is 5.60 Å². The van der Waals surface area contributed by atoms with Crippen molar-refractivity contribution in [2.75, 3.05) is 33.4 Å². The van der Waals surface area contributed by atoms with E-state index in [1.165, 1.54) is 0 Å². The molecule has 3 heteroatoms. The zero-order valence-corrected chi connectivity index (χ0v) is 8.75. The first-order valence-corrected chi connectivity index (χ1v) is 5.15. The van der Waals surface area contributed by atoms with Gasteiger partial charge in [0.25, 0.3) is 0 Å². The summed E-state index contributed by atoms with van der Waals surface area (Å²) in [6, 6.07) is 0. The van der Waals surface area contributed by atoms with Gasteiger partial charge in [0.1, 0.15) is 0 Å². The Balaban J connectivity index is 2.31. The van der Waals surface area contributed by atoms with E-state index in [1.807, 2.05) is 0 Å². The fourth-order valence-electron chi connectivity index (χ4n) is 1.87. The van der Waals surface area contributed by atoms with Crippen LogP contribution in [0.4, 0.5) is 0 Å². The van der Waals surface area contributed by atoms with Crippen molar-refractivity contribution in [2.24, 2.45) is 0 Å². The molecule has 0 bridgehead atoms. The lowest BCUT2D eigenvalue weighted by atomic mass is 9.94. The summed E-state index contributed by atoms with van der Waals surface area (Å²) in [4.78, 5) is 2.20. The maximum atomic E-state index is 10.1. The number of hydrogen-bond donors (Lipinski definition) is 1. The molecule has 0 amide bonds. The van der Waals surface area contributed by atoms with Crippen molar-refractivity contribution in [3.63, 3.8) is 0 Å². The molecule has 1 saturated heterocycles. The summed E-state index contributed by atoms with van der Waals surface area (Å²) in [6.07, 6.45) is 2.70. The number of rotatable bonds is 4. The molecular weight excluding hydrogens is 166 g/mol. The molecule has 78 valence electrons. The van der Waals surface area contributed by atoms with Gasteiger partial charge in [-0.15, -0.1) is 0 Å². The Hall–Kier alpha value is -0.120. The monoisotopic (exact) mass is 187 g/mol. The van der Waals surface area contributed by atoms with Gasteiger partial charge in [-0.05, 0) is 20.0 Å². The molecule has 0 radical (unpaired) electrons. The van der Waals surface area contributed by atoms with Gasteiger partial charge in [-0.3, -0.25) is 0 Å². The molecule has 1 N–H and O–H groups in total. The van der Waals surface area contributed by atoms with Gasteiger partial charge < -0.3 is 14.7 Å². The molecule has 0 aliphatic carbocycles. The summed E-state index contributed by atoms with van der Waals surface area (Å²) in [5, 5.41) is 10.1. The number of likely N-dealkylation sites (N-methyl/N-ethyl adjacent to an activating group) is 1. The van der Waals surface area contributed by atoms with Crippen molar-refractivity contribution >= 4 is 0 Å². The number of nitrogens with zero attached hydrogens (tertiary/aromatic N) is 1. The quantitative estimate of drug-likeness (QED) is 0.709. The average molecular weight is 187 g/mol. The minimum absolute atomic E-state index is 0.498. The molecule has 0 aromatic carbocycles. The van der Waals surface area contributed by atoms with E-state index in [9.17, 15) is 5.11 Å². The van der Waals surface area contributed by atoms with E-state index in [1.54, 1.807) is 0 Å². The van der Waals surface area contributed by atoms with E-state index in [4.69, 9.17) is 4.74 Å². The van der Waals surface area contributed by atoms with Gasteiger partial charge in [0, 0.05) is 32.6 Å². The molecule has 3 nitrogen and oxygen atoms in total. The van der Waals surface area contributed by atoms with Crippen LogP contribution in [-0.4, -0.2) is 49.0 Å². The van der Waals surface area contributed by atoms with Gasteiger partial charge in [0.15, 0.2) is 0 Å². The van der Waals surface area contributed by atoms with E-state index >= 15 is 0 Å². The Morgan fingerprint density at radius 2 is 2.00 bits per heavy atom. The summed E-state index contributed by atoms with van der Waals surface area (Å²) in [5.41, 5.74) is -0.498. The third-order valence-electron chi connectivity index (χ3n) is 2.59. The normalized spacial score (nSPS) is 22.2. The first-order valence-electron chi connectivity index (χ1n) is 5.15. The lowest BCUT2D eigenvalue weighted by Crippen LogP contribution is -2.45. The molecule has 0 saturated carbocycles. The zero-order chi connectivity index (χ0) is 9.73. The lowest BCUT2D eigenvalue weighted by molar-refractivity contribution is -0.0767. The van der Waals surface area contributed by atoms with E-state index in [0.29, 0.717) is 13.2 Å². The van der Waals surface area contributed by atoms with Crippen LogP contribution in [0.5, 0.6) is 0 Å². The molecule has 0 aromatic heterocycles. The minimum Gasteiger partial charge on any atom is -0.388 e. The molecule has 1 aliphatic heterocycles. The fourth-order valence-corrected chi connectivity index (χ4v) is 1.87. The first-order chi connectivity index (χ1) is 6.16. The van der Waals surface area contributed by atoms with Crippen LogP contribution in [0.1, 0.15) is 26.2 Å². The molecule has 0 atom stereocenters. The summed E-state index contributed by atoms with van der Waals surface area (Å²) < 4.78 is 5.23. The summed E-state index contributed by atoms with van der Waals surface area (Å²) in [6.45, 7) is 5.41. The minimum atomic E-state index is -0.498. The number of ether oxygens (including phenoxy) is 1. The molecule has 1 rings (SSSR count). The molecule has 1 aliphatic rings. The highest BCUT2D eigenvalue weighted by atomic mass is 16.5. The van der Waals surface area contributed by atoms with Gasteiger partial charge in [0.05, 0.1) is 5.60 Å². The highest BCUT2D eigenvalue weighted by molar-refractivity contribution is 4.83. The number of hydrogen-bond acceptors (Lipinski definition) is 3. The van der Waals surface area contributed by atoms with E-state index in [0.717, 1.165) is 32.4 Å². The predicted molar refractivity (Wildman–Crippen MR) is 52.8 cm³/mol. The van der Waals surface area contributed by atoms with Gasteiger partial charge >= 0.3 is 0 Å². The molecule has 0 unspecified atom stereocenters. The maximum absolute atomic E-state index is 10.1. The Morgan fingerprint density at radius 3 is 2.54 bits per heavy atom. The van der Waals surface area contributed by atoms with Gasteiger partial charge in [-0.2, -0.15) is 0 Å². The Labute approximate surface area is 80.7 Å². The van der Waals surface area contributed by atoms with Gasteiger partial charge in [-0.25, -0.2) is 0 Å². The topological polar surface area (TPSA) is 32.7 Å². The summed E-state index contributed by atoms with van der Waals surface area (Å²) >= 11 is 0. The van der Waals surface area contributed by atoms with Crippen LogP contribution in [0.25, 0.3) is 0 Å². The molecule has 13 heavy (non-hydrogen) atoms. The standard InChI is InChI=1S/C10H21NO2/c1-3-6-11(2)9-10(12)4-7-13-8-5-10/h12H,3-9H2,1-2H3. The van der Waals surface area contributed by atoms with E-state index in [-0.39, 0.29) is 0 Å². The smallest absolute Gasteiger partial charge is 0.0817 e. The molecule has 0 spiro atoms. The van der Waals surface area contributed by atoms with Crippen molar-refractivity contribution in [3.05, 3.63) is 0 Å². The SMILES string of the molecule is CCCN(C)CC1(O)CCOCC1. The Kier molecular flexibility index (Phi) is 4.16. The third kappa shape index (κ3) is 3.63. The van der Waals surface area contributed by atoms with Crippen molar-refractivity contribution in [3.8, 4) is 0 Å². The van der Waals surface area contributed by atoms with Crippen molar-refractivity contribution in [1.29, 1.82) is 0 Å². The largest absolute Gasteiger partial charge is 0.388 e. The fraction of sp³-hybridized carbons (Fsp3) is 1.00. The Bertz CT molecular complexity index is 144. The van der Waals surface area contributed by atoms with Crippen LogP contribution in [0.2, 0.25) is 0 Å².